The Hall–Kier alpha value is -1.22. The van der Waals surface area contributed by atoms with Crippen molar-refractivity contribution in [1.82, 2.24) is 0 Å². The third kappa shape index (κ3) is 2.39. The molecule has 0 saturated carbocycles. The monoisotopic (exact) mass is 234 g/mol. The van der Waals surface area contributed by atoms with Gasteiger partial charge in [0.25, 0.3) is 0 Å². The number of nitrogens with two attached hydrogens (primary N) is 1. The molecular formula is C14H22N2O. The second-order valence-electron chi connectivity index (χ2n) is 4.96. The molecule has 0 aromatic heterocycles. The summed E-state index contributed by atoms with van der Waals surface area (Å²) in [7, 11) is 3.90. The Labute approximate surface area is 104 Å². The molecular weight excluding hydrogens is 212 g/mol. The molecule has 1 aliphatic rings. The van der Waals surface area contributed by atoms with Gasteiger partial charge in [0.15, 0.2) is 0 Å². The van der Waals surface area contributed by atoms with Crippen LogP contribution in [0.2, 0.25) is 0 Å². The van der Waals surface area contributed by atoms with Gasteiger partial charge < -0.3 is 15.4 Å². The lowest BCUT2D eigenvalue weighted by Gasteiger charge is -2.29. The minimum absolute atomic E-state index is 0.170. The fourth-order valence-corrected chi connectivity index (χ4v) is 2.64. The highest BCUT2D eigenvalue weighted by molar-refractivity contribution is 5.63. The molecule has 3 heteroatoms. The number of methoxy groups -OCH3 is 1. The fraction of sp³-hybridized carbons (Fsp3) is 0.571. The summed E-state index contributed by atoms with van der Waals surface area (Å²) in [6.07, 6.45) is 3.18. The predicted molar refractivity (Wildman–Crippen MR) is 71.9 cm³/mol. The highest BCUT2D eigenvalue weighted by atomic mass is 16.5. The van der Waals surface area contributed by atoms with E-state index in [0.29, 0.717) is 0 Å². The van der Waals surface area contributed by atoms with Gasteiger partial charge in [-0.2, -0.15) is 0 Å². The summed E-state index contributed by atoms with van der Waals surface area (Å²) in [4.78, 5) is 2.30. The van der Waals surface area contributed by atoms with Crippen molar-refractivity contribution in [2.24, 2.45) is 5.73 Å². The lowest BCUT2D eigenvalue weighted by atomic mass is 9.95. The molecule has 2 rings (SSSR count). The van der Waals surface area contributed by atoms with Crippen LogP contribution in [0.3, 0.4) is 0 Å². The minimum atomic E-state index is 0.170. The van der Waals surface area contributed by atoms with E-state index in [1.807, 2.05) is 6.92 Å². The topological polar surface area (TPSA) is 38.5 Å². The van der Waals surface area contributed by atoms with Crippen LogP contribution in [0.1, 0.15) is 24.5 Å². The zero-order valence-electron chi connectivity index (χ0n) is 11.0. The summed E-state index contributed by atoms with van der Waals surface area (Å²) in [6.45, 7) is 3.16. The number of benzene rings is 1. The normalized spacial score (nSPS) is 16.6. The number of rotatable bonds is 3. The molecule has 0 saturated heterocycles. The van der Waals surface area contributed by atoms with Crippen molar-refractivity contribution >= 4 is 5.69 Å². The van der Waals surface area contributed by atoms with Crippen LogP contribution in [0, 0.1) is 0 Å². The molecule has 1 aromatic rings. The summed E-state index contributed by atoms with van der Waals surface area (Å²) in [6, 6.07) is 4.53. The molecule has 0 bridgehead atoms. The molecule has 3 nitrogen and oxygen atoms in total. The average molecular weight is 234 g/mol. The number of hydrogen-bond donors (Lipinski definition) is 1. The Kier molecular flexibility index (Phi) is 3.57. The highest BCUT2D eigenvalue weighted by Gasteiger charge is 2.20. The van der Waals surface area contributed by atoms with Crippen LogP contribution in [-0.4, -0.2) is 26.7 Å². The molecule has 94 valence electrons. The van der Waals surface area contributed by atoms with E-state index in [4.69, 9.17) is 10.5 Å². The first-order valence-electron chi connectivity index (χ1n) is 6.29. The first-order valence-corrected chi connectivity index (χ1v) is 6.29. The van der Waals surface area contributed by atoms with Gasteiger partial charge >= 0.3 is 0 Å². The Bertz CT molecular complexity index is 401. The van der Waals surface area contributed by atoms with Crippen LogP contribution in [0.25, 0.3) is 0 Å². The summed E-state index contributed by atoms with van der Waals surface area (Å²) in [5, 5.41) is 0. The summed E-state index contributed by atoms with van der Waals surface area (Å²) >= 11 is 0. The summed E-state index contributed by atoms with van der Waals surface area (Å²) < 4.78 is 5.61. The zero-order valence-corrected chi connectivity index (χ0v) is 11.0. The number of fused-ring (bicyclic) bond motifs is 1. The van der Waals surface area contributed by atoms with Gasteiger partial charge in [-0.3, -0.25) is 0 Å². The van der Waals surface area contributed by atoms with Crippen molar-refractivity contribution in [3.8, 4) is 5.75 Å². The first kappa shape index (κ1) is 12.2. The lowest BCUT2D eigenvalue weighted by Crippen LogP contribution is -2.26. The average Bonchev–Trinajstić information content (AvgIpc) is 2.28. The molecule has 0 aliphatic carbocycles. The second-order valence-corrected chi connectivity index (χ2v) is 4.96. The minimum Gasteiger partial charge on any atom is -0.496 e. The van der Waals surface area contributed by atoms with E-state index < -0.39 is 0 Å². The lowest BCUT2D eigenvalue weighted by molar-refractivity contribution is 0.401. The molecule has 17 heavy (non-hydrogen) atoms. The van der Waals surface area contributed by atoms with E-state index in [1.54, 1.807) is 7.11 Å². The summed E-state index contributed by atoms with van der Waals surface area (Å²) in [5.74, 6) is 1.05. The molecule has 1 aliphatic heterocycles. The van der Waals surface area contributed by atoms with Crippen molar-refractivity contribution in [3.63, 3.8) is 0 Å². The van der Waals surface area contributed by atoms with Crippen LogP contribution in [-0.2, 0) is 12.8 Å². The largest absolute Gasteiger partial charge is 0.496 e. The van der Waals surface area contributed by atoms with E-state index in [9.17, 15) is 0 Å². The standard InChI is InChI=1S/C14H22N2O/c1-10(15)9-11-6-7-13-12(14(11)17-3)5-4-8-16(13)2/h6-7,10H,4-5,8-9,15H2,1-3H3. The highest BCUT2D eigenvalue weighted by Crippen LogP contribution is 2.36. The zero-order chi connectivity index (χ0) is 12.4. The van der Waals surface area contributed by atoms with E-state index in [-0.39, 0.29) is 6.04 Å². The van der Waals surface area contributed by atoms with Gasteiger partial charge in [-0.15, -0.1) is 0 Å². The third-order valence-corrected chi connectivity index (χ3v) is 3.39. The molecule has 0 spiro atoms. The van der Waals surface area contributed by atoms with Crippen molar-refractivity contribution in [1.29, 1.82) is 0 Å². The van der Waals surface area contributed by atoms with Gasteiger partial charge in [0.1, 0.15) is 5.75 Å². The predicted octanol–water partition coefficient (Wildman–Crippen LogP) is 1.97. The quantitative estimate of drug-likeness (QED) is 0.869. The third-order valence-electron chi connectivity index (χ3n) is 3.39. The van der Waals surface area contributed by atoms with Gasteiger partial charge in [0.2, 0.25) is 0 Å². The van der Waals surface area contributed by atoms with E-state index >= 15 is 0 Å². The van der Waals surface area contributed by atoms with Gasteiger partial charge in [-0.05, 0) is 37.8 Å². The molecule has 1 unspecified atom stereocenters. The molecule has 0 fully saturated rings. The number of hydrogen-bond acceptors (Lipinski definition) is 3. The van der Waals surface area contributed by atoms with Crippen molar-refractivity contribution < 1.29 is 4.74 Å². The van der Waals surface area contributed by atoms with Gasteiger partial charge in [-0.1, -0.05) is 6.07 Å². The van der Waals surface area contributed by atoms with E-state index in [1.165, 1.54) is 23.2 Å². The van der Waals surface area contributed by atoms with Gasteiger partial charge in [-0.25, -0.2) is 0 Å². The maximum Gasteiger partial charge on any atom is 0.127 e. The smallest absolute Gasteiger partial charge is 0.127 e. The van der Waals surface area contributed by atoms with Crippen LogP contribution in [0.5, 0.6) is 5.75 Å². The molecule has 1 aromatic carbocycles. The molecule has 0 radical (unpaired) electrons. The Morgan fingerprint density at radius 3 is 2.88 bits per heavy atom. The summed E-state index contributed by atoms with van der Waals surface area (Å²) in [5.41, 5.74) is 9.77. The molecule has 2 N–H and O–H groups in total. The Morgan fingerprint density at radius 1 is 1.47 bits per heavy atom. The van der Waals surface area contributed by atoms with Crippen LogP contribution in [0.4, 0.5) is 5.69 Å². The second kappa shape index (κ2) is 4.96. The van der Waals surface area contributed by atoms with E-state index in [2.05, 4.69) is 24.1 Å². The molecule has 1 atom stereocenters. The number of anilines is 1. The van der Waals surface area contributed by atoms with Gasteiger partial charge in [0.05, 0.1) is 7.11 Å². The maximum atomic E-state index is 5.89. The Morgan fingerprint density at radius 2 is 2.24 bits per heavy atom. The Balaban J connectivity index is 2.44. The van der Waals surface area contributed by atoms with E-state index in [0.717, 1.165) is 25.1 Å². The number of nitrogens with zero attached hydrogens (tertiary/aromatic N) is 1. The fourth-order valence-electron chi connectivity index (χ4n) is 2.64. The van der Waals surface area contributed by atoms with Crippen molar-refractivity contribution in [3.05, 3.63) is 23.3 Å². The van der Waals surface area contributed by atoms with Crippen molar-refractivity contribution in [2.75, 3.05) is 25.6 Å². The SMILES string of the molecule is COc1c(CC(C)N)ccc2c1CCCN2C. The molecule has 1 heterocycles. The first-order chi connectivity index (χ1) is 8.13. The number of ether oxygens (including phenoxy) is 1. The molecule has 0 amide bonds. The van der Waals surface area contributed by atoms with Crippen LogP contribution in [0.15, 0.2) is 12.1 Å². The van der Waals surface area contributed by atoms with Crippen LogP contribution >= 0.6 is 0 Å². The van der Waals surface area contributed by atoms with Crippen molar-refractivity contribution in [2.45, 2.75) is 32.2 Å². The van der Waals surface area contributed by atoms with Crippen LogP contribution < -0.4 is 15.4 Å². The maximum absolute atomic E-state index is 5.89. The van der Waals surface area contributed by atoms with Gasteiger partial charge in [0, 0.05) is 30.9 Å².